The first kappa shape index (κ1) is 12.2. The van der Waals surface area contributed by atoms with Crippen LogP contribution in [0, 0.1) is 0 Å². The molecular weight excluding hydrogens is 236 g/mol. The molecule has 1 fully saturated rings. The van der Waals surface area contributed by atoms with E-state index in [1.54, 1.807) is 12.4 Å². The summed E-state index contributed by atoms with van der Waals surface area (Å²) in [6.07, 6.45) is 6.14. The van der Waals surface area contributed by atoms with Crippen molar-refractivity contribution in [1.82, 2.24) is 9.97 Å². The maximum absolute atomic E-state index is 9.06. The van der Waals surface area contributed by atoms with Gasteiger partial charge in [0.2, 0.25) is 0 Å². The fraction of sp³-hybridized carbons (Fsp3) is 0.545. The highest BCUT2D eigenvalue weighted by Crippen LogP contribution is 2.27. The van der Waals surface area contributed by atoms with Crippen molar-refractivity contribution in [2.45, 2.75) is 25.3 Å². The number of nitrogens with two attached hydrogens (primary N) is 1. The number of aromatic nitrogens is 2. The zero-order chi connectivity index (χ0) is 12.3. The molecule has 0 saturated carbocycles. The maximum Gasteiger partial charge on any atom is 0.157 e. The van der Waals surface area contributed by atoms with Crippen molar-refractivity contribution in [2.75, 3.05) is 18.1 Å². The van der Waals surface area contributed by atoms with Gasteiger partial charge in [-0.2, -0.15) is 0 Å². The van der Waals surface area contributed by atoms with Gasteiger partial charge in [0.25, 0.3) is 0 Å². The van der Waals surface area contributed by atoms with Gasteiger partial charge >= 0.3 is 0 Å². The van der Waals surface area contributed by atoms with Gasteiger partial charge in [-0.05, 0) is 19.3 Å². The number of hydrogen-bond acceptors (Lipinski definition) is 5. The molecule has 1 unspecified atom stereocenters. The molecule has 1 aliphatic heterocycles. The van der Waals surface area contributed by atoms with Crippen LogP contribution in [0.25, 0.3) is 0 Å². The molecule has 92 valence electrons. The molecular formula is C11H16N4OS. The Bertz CT molecular complexity index is 412. The number of aliphatic hydroxyl groups is 1. The topological polar surface area (TPSA) is 75.3 Å². The highest BCUT2D eigenvalue weighted by atomic mass is 32.1. The SMILES string of the molecule is NC(=S)c1nccnc1N1CCCC1CCO. The third-order valence-electron chi connectivity index (χ3n) is 3.02. The molecule has 1 aromatic heterocycles. The summed E-state index contributed by atoms with van der Waals surface area (Å²) in [7, 11) is 0. The lowest BCUT2D eigenvalue weighted by Crippen LogP contribution is -2.33. The monoisotopic (exact) mass is 252 g/mol. The molecule has 0 aromatic carbocycles. The van der Waals surface area contributed by atoms with Crippen LogP contribution in [-0.4, -0.2) is 39.3 Å². The summed E-state index contributed by atoms with van der Waals surface area (Å²) in [6, 6.07) is 0.310. The van der Waals surface area contributed by atoms with Gasteiger partial charge in [-0.15, -0.1) is 0 Å². The van der Waals surface area contributed by atoms with E-state index in [1.807, 2.05) is 0 Å². The van der Waals surface area contributed by atoms with Crippen molar-refractivity contribution in [3.05, 3.63) is 18.1 Å². The van der Waals surface area contributed by atoms with E-state index in [-0.39, 0.29) is 11.6 Å². The Morgan fingerprint density at radius 2 is 2.29 bits per heavy atom. The second-order valence-corrected chi connectivity index (χ2v) is 4.53. The highest BCUT2D eigenvalue weighted by molar-refractivity contribution is 7.80. The number of thiocarbonyl (C=S) groups is 1. The van der Waals surface area contributed by atoms with Gasteiger partial charge in [-0.25, -0.2) is 9.97 Å². The minimum Gasteiger partial charge on any atom is -0.396 e. The molecule has 0 aliphatic carbocycles. The first-order chi connectivity index (χ1) is 8.24. The standard InChI is InChI=1S/C11H16N4OS/c12-10(17)9-11(14-5-4-13-9)15-6-1-2-8(15)3-7-16/h4-5,8,16H,1-3,6-7H2,(H2,12,17). The molecule has 0 amide bonds. The molecule has 17 heavy (non-hydrogen) atoms. The molecule has 6 heteroatoms. The summed E-state index contributed by atoms with van der Waals surface area (Å²) in [5, 5.41) is 9.06. The van der Waals surface area contributed by atoms with Crippen molar-refractivity contribution in [3.8, 4) is 0 Å². The molecule has 2 rings (SSSR count). The number of rotatable bonds is 4. The van der Waals surface area contributed by atoms with Gasteiger partial charge in [0.15, 0.2) is 5.82 Å². The molecule has 1 atom stereocenters. The quantitative estimate of drug-likeness (QED) is 0.758. The van der Waals surface area contributed by atoms with Crippen molar-refractivity contribution in [3.63, 3.8) is 0 Å². The Morgan fingerprint density at radius 3 is 3.00 bits per heavy atom. The molecule has 0 spiro atoms. The summed E-state index contributed by atoms with van der Waals surface area (Å²) >= 11 is 4.99. The smallest absolute Gasteiger partial charge is 0.157 e. The van der Waals surface area contributed by atoms with Crippen molar-refractivity contribution >= 4 is 23.0 Å². The first-order valence-corrected chi connectivity index (χ1v) is 6.13. The largest absolute Gasteiger partial charge is 0.396 e. The molecule has 2 heterocycles. The summed E-state index contributed by atoms with van der Waals surface area (Å²) in [6.45, 7) is 1.10. The van der Waals surface area contributed by atoms with E-state index in [9.17, 15) is 0 Å². The van der Waals surface area contributed by atoms with Crippen molar-refractivity contribution in [2.24, 2.45) is 5.73 Å². The molecule has 3 N–H and O–H groups in total. The number of anilines is 1. The van der Waals surface area contributed by atoms with E-state index >= 15 is 0 Å². The van der Waals surface area contributed by atoms with E-state index in [1.165, 1.54) is 0 Å². The molecule has 1 aromatic rings. The van der Waals surface area contributed by atoms with Gasteiger partial charge in [0.05, 0.1) is 0 Å². The van der Waals surface area contributed by atoms with E-state index in [0.717, 1.165) is 31.6 Å². The maximum atomic E-state index is 9.06. The summed E-state index contributed by atoms with van der Waals surface area (Å²) in [5.74, 6) is 0.746. The lowest BCUT2D eigenvalue weighted by Gasteiger charge is -2.26. The van der Waals surface area contributed by atoms with E-state index < -0.39 is 0 Å². The van der Waals surface area contributed by atoms with Crippen LogP contribution in [0.3, 0.4) is 0 Å². The molecule has 0 radical (unpaired) electrons. The Labute approximate surface area is 106 Å². The number of aliphatic hydroxyl groups excluding tert-OH is 1. The summed E-state index contributed by atoms with van der Waals surface area (Å²) < 4.78 is 0. The summed E-state index contributed by atoms with van der Waals surface area (Å²) in [5.41, 5.74) is 6.23. The van der Waals surface area contributed by atoms with E-state index in [4.69, 9.17) is 23.1 Å². The van der Waals surface area contributed by atoms with E-state index in [2.05, 4.69) is 14.9 Å². The van der Waals surface area contributed by atoms with Gasteiger partial charge in [0, 0.05) is 31.6 Å². The third-order valence-corrected chi connectivity index (χ3v) is 3.22. The van der Waals surface area contributed by atoms with Gasteiger partial charge < -0.3 is 15.7 Å². The number of nitrogens with zero attached hydrogens (tertiary/aromatic N) is 3. The molecule has 0 bridgehead atoms. The zero-order valence-electron chi connectivity index (χ0n) is 9.54. The fourth-order valence-corrected chi connectivity index (χ4v) is 2.42. The first-order valence-electron chi connectivity index (χ1n) is 5.72. The Kier molecular flexibility index (Phi) is 3.86. The van der Waals surface area contributed by atoms with Crippen molar-refractivity contribution < 1.29 is 5.11 Å². The highest BCUT2D eigenvalue weighted by Gasteiger charge is 2.27. The molecule has 1 aliphatic rings. The Morgan fingerprint density at radius 1 is 1.53 bits per heavy atom. The van der Waals surface area contributed by atoms with Crippen LogP contribution >= 0.6 is 12.2 Å². The fourth-order valence-electron chi connectivity index (χ4n) is 2.28. The Balaban J connectivity index is 2.29. The molecule has 5 nitrogen and oxygen atoms in total. The van der Waals surface area contributed by atoms with Crippen LogP contribution in [0.1, 0.15) is 25.0 Å². The normalized spacial score (nSPS) is 19.6. The predicted octanol–water partition coefficient (Wildman–Crippen LogP) is 0.462. The van der Waals surface area contributed by atoms with Crippen LogP contribution in [0.5, 0.6) is 0 Å². The average molecular weight is 252 g/mol. The minimum atomic E-state index is 0.184. The van der Waals surface area contributed by atoms with Crippen LogP contribution in [0.4, 0.5) is 5.82 Å². The second-order valence-electron chi connectivity index (χ2n) is 4.09. The zero-order valence-corrected chi connectivity index (χ0v) is 10.4. The van der Waals surface area contributed by atoms with Crippen LogP contribution < -0.4 is 10.6 Å². The van der Waals surface area contributed by atoms with Gasteiger partial charge in [-0.1, -0.05) is 12.2 Å². The average Bonchev–Trinajstić information content (AvgIpc) is 2.77. The lowest BCUT2D eigenvalue weighted by atomic mass is 10.1. The minimum absolute atomic E-state index is 0.184. The van der Waals surface area contributed by atoms with Crippen LogP contribution in [0.15, 0.2) is 12.4 Å². The third kappa shape index (κ3) is 2.53. The number of hydrogen-bond donors (Lipinski definition) is 2. The van der Waals surface area contributed by atoms with Gasteiger partial charge in [0.1, 0.15) is 10.7 Å². The lowest BCUT2D eigenvalue weighted by molar-refractivity contribution is 0.275. The van der Waals surface area contributed by atoms with Crippen LogP contribution in [-0.2, 0) is 0 Å². The Hall–Kier alpha value is -1.27. The summed E-state index contributed by atoms with van der Waals surface area (Å²) in [4.78, 5) is 10.9. The van der Waals surface area contributed by atoms with E-state index in [0.29, 0.717) is 11.7 Å². The van der Waals surface area contributed by atoms with Crippen molar-refractivity contribution in [1.29, 1.82) is 0 Å². The second kappa shape index (κ2) is 5.37. The predicted molar refractivity (Wildman–Crippen MR) is 70.0 cm³/mol. The molecule has 1 saturated heterocycles. The van der Waals surface area contributed by atoms with Gasteiger partial charge in [-0.3, -0.25) is 0 Å². The van der Waals surface area contributed by atoms with Crippen LogP contribution in [0.2, 0.25) is 0 Å².